The van der Waals surface area contributed by atoms with Crippen molar-refractivity contribution in [2.45, 2.75) is 26.1 Å². The van der Waals surface area contributed by atoms with Gasteiger partial charge in [-0.3, -0.25) is 4.79 Å². The number of hydrogen-bond acceptors (Lipinski definition) is 5. The molecule has 0 bridgehead atoms. The number of nitriles is 1. The van der Waals surface area contributed by atoms with Gasteiger partial charge in [-0.2, -0.15) is 5.26 Å². The topological polar surface area (TPSA) is 78.1 Å². The van der Waals surface area contributed by atoms with Crippen molar-refractivity contribution >= 4 is 23.4 Å². The molecular formula is C24H23N3O2S. The third-order valence-corrected chi connectivity index (χ3v) is 5.65. The lowest BCUT2D eigenvalue weighted by Gasteiger charge is -2.15. The number of para-hydroxylation sites is 1. The minimum absolute atomic E-state index is 0.0448. The molecule has 0 saturated carbocycles. The molecule has 3 rings (SSSR count). The number of thioether (sulfide) groups is 1. The fourth-order valence-corrected chi connectivity index (χ4v) is 3.89. The normalized spacial score (nSPS) is 11.4. The lowest BCUT2D eigenvalue weighted by atomic mass is 10.1. The molecule has 2 N–H and O–H groups in total. The third kappa shape index (κ3) is 5.56. The van der Waals surface area contributed by atoms with Crippen molar-refractivity contribution in [2.75, 3.05) is 5.32 Å². The van der Waals surface area contributed by atoms with E-state index in [1.54, 1.807) is 18.4 Å². The van der Waals surface area contributed by atoms with Gasteiger partial charge in [0.15, 0.2) is 0 Å². The van der Waals surface area contributed by atoms with Crippen molar-refractivity contribution in [3.8, 4) is 6.07 Å². The molecule has 1 aromatic heterocycles. The summed E-state index contributed by atoms with van der Waals surface area (Å²) >= 11 is 1.44. The lowest BCUT2D eigenvalue weighted by Crippen LogP contribution is -2.25. The number of benzene rings is 2. The highest BCUT2D eigenvalue weighted by molar-refractivity contribution is 8.02. The van der Waals surface area contributed by atoms with E-state index in [-0.39, 0.29) is 12.1 Å². The predicted octanol–water partition coefficient (Wildman–Crippen LogP) is 5.29. The summed E-state index contributed by atoms with van der Waals surface area (Å²) in [7, 11) is 0. The van der Waals surface area contributed by atoms with Gasteiger partial charge in [0.25, 0.3) is 5.91 Å². The first-order valence-electron chi connectivity index (χ1n) is 9.53. The second kappa shape index (κ2) is 10.4. The summed E-state index contributed by atoms with van der Waals surface area (Å²) in [6.07, 6.45) is 1.55. The second-order valence-corrected chi connectivity index (χ2v) is 7.72. The van der Waals surface area contributed by atoms with Crippen LogP contribution >= 0.6 is 11.8 Å². The molecular weight excluding hydrogens is 394 g/mol. The largest absolute Gasteiger partial charge is 0.467 e. The van der Waals surface area contributed by atoms with Gasteiger partial charge in [0.2, 0.25) is 0 Å². The molecule has 1 amide bonds. The molecule has 30 heavy (non-hydrogen) atoms. The molecule has 0 aliphatic carbocycles. The van der Waals surface area contributed by atoms with E-state index < -0.39 is 5.91 Å². The molecule has 0 atom stereocenters. The van der Waals surface area contributed by atoms with Gasteiger partial charge in [0, 0.05) is 11.4 Å². The van der Waals surface area contributed by atoms with Crippen molar-refractivity contribution in [2.24, 2.45) is 0 Å². The zero-order valence-corrected chi connectivity index (χ0v) is 17.8. The average molecular weight is 418 g/mol. The molecule has 0 radical (unpaired) electrons. The van der Waals surface area contributed by atoms with Crippen LogP contribution in [-0.4, -0.2) is 5.91 Å². The summed E-state index contributed by atoms with van der Waals surface area (Å²) in [6.45, 7) is 4.25. The van der Waals surface area contributed by atoms with Crippen molar-refractivity contribution in [3.63, 3.8) is 0 Å². The van der Waals surface area contributed by atoms with Crippen molar-refractivity contribution in [1.82, 2.24) is 5.32 Å². The zero-order valence-electron chi connectivity index (χ0n) is 16.9. The van der Waals surface area contributed by atoms with Gasteiger partial charge in [0.05, 0.1) is 17.8 Å². The fraction of sp³-hybridized carbons (Fsp3) is 0.167. The standard InChI is InChI=1S/C24H23N3O2S/c1-17-8-3-5-10-19(17)16-30-24(27-22-12-6-4-9-18(22)2)21(14-25)23(28)26-15-20-11-7-13-29-20/h3-13,27H,15-16H2,1-2H3,(H,26,28). The number of carbonyl (C=O) groups is 1. The number of nitrogens with one attached hydrogen (secondary N) is 2. The molecule has 2 aromatic carbocycles. The van der Waals surface area contributed by atoms with E-state index >= 15 is 0 Å². The summed E-state index contributed by atoms with van der Waals surface area (Å²) in [4.78, 5) is 12.8. The van der Waals surface area contributed by atoms with Crippen LogP contribution in [0.5, 0.6) is 0 Å². The molecule has 0 aliphatic rings. The highest BCUT2D eigenvalue weighted by atomic mass is 32.2. The van der Waals surface area contributed by atoms with Crippen LogP contribution in [0.4, 0.5) is 5.69 Å². The maximum atomic E-state index is 12.8. The van der Waals surface area contributed by atoms with Crippen LogP contribution in [0.3, 0.4) is 0 Å². The van der Waals surface area contributed by atoms with Gasteiger partial charge in [-0.15, -0.1) is 11.8 Å². The number of hydrogen-bond donors (Lipinski definition) is 2. The highest BCUT2D eigenvalue weighted by Gasteiger charge is 2.18. The summed E-state index contributed by atoms with van der Waals surface area (Å²) in [5.41, 5.74) is 4.25. The zero-order chi connectivity index (χ0) is 21.3. The van der Waals surface area contributed by atoms with E-state index in [0.29, 0.717) is 16.5 Å². The summed E-state index contributed by atoms with van der Waals surface area (Å²) in [5.74, 6) is 0.821. The Labute approximate surface area is 180 Å². The van der Waals surface area contributed by atoms with Gasteiger partial charge in [-0.25, -0.2) is 0 Å². The van der Waals surface area contributed by atoms with Gasteiger partial charge >= 0.3 is 0 Å². The Morgan fingerprint density at radius 2 is 1.77 bits per heavy atom. The minimum atomic E-state index is -0.442. The van der Waals surface area contributed by atoms with Gasteiger partial charge in [-0.1, -0.05) is 42.5 Å². The number of anilines is 1. The smallest absolute Gasteiger partial charge is 0.265 e. The summed E-state index contributed by atoms with van der Waals surface area (Å²) < 4.78 is 5.25. The molecule has 0 fully saturated rings. The Bertz CT molecular complexity index is 1080. The number of rotatable bonds is 8. The van der Waals surface area contributed by atoms with E-state index in [1.807, 2.05) is 43.3 Å². The van der Waals surface area contributed by atoms with Crippen LogP contribution in [0.2, 0.25) is 0 Å². The Morgan fingerprint density at radius 1 is 1.03 bits per heavy atom. The molecule has 5 nitrogen and oxygen atoms in total. The van der Waals surface area contributed by atoms with Crippen molar-refractivity contribution in [3.05, 3.63) is 100.0 Å². The van der Waals surface area contributed by atoms with Crippen LogP contribution in [0, 0.1) is 25.2 Å². The molecule has 1 heterocycles. The first kappa shape index (κ1) is 21.3. The number of aryl methyl sites for hydroxylation is 2. The van der Waals surface area contributed by atoms with E-state index in [0.717, 1.165) is 16.8 Å². The number of nitrogens with zero attached hydrogens (tertiary/aromatic N) is 1. The monoisotopic (exact) mass is 417 g/mol. The first-order chi connectivity index (χ1) is 14.6. The summed E-state index contributed by atoms with van der Waals surface area (Å²) in [5, 5.41) is 16.4. The third-order valence-electron chi connectivity index (χ3n) is 4.60. The Hall–Kier alpha value is -3.43. The Morgan fingerprint density at radius 3 is 2.43 bits per heavy atom. The second-order valence-electron chi connectivity index (χ2n) is 6.73. The molecule has 3 aromatic rings. The Balaban J connectivity index is 1.86. The van der Waals surface area contributed by atoms with E-state index in [4.69, 9.17) is 4.42 Å². The van der Waals surface area contributed by atoms with Gasteiger partial charge in [-0.05, 0) is 48.7 Å². The van der Waals surface area contributed by atoms with E-state index in [1.165, 1.54) is 17.3 Å². The lowest BCUT2D eigenvalue weighted by molar-refractivity contribution is -0.117. The van der Waals surface area contributed by atoms with Crippen molar-refractivity contribution in [1.29, 1.82) is 5.26 Å². The Kier molecular flexibility index (Phi) is 7.36. The number of amides is 1. The van der Waals surface area contributed by atoms with Gasteiger partial charge in [0.1, 0.15) is 17.4 Å². The van der Waals surface area contributed by atoms with Crippen LogP contribution in [0.1, 0.15) is 22.5 Å². The van der Waals surface area contributed by atoms with Crippen molar-refractivity contribution < 1.29 is 9.21 Å². The van der Waals surface area contributed by atoms with E-state index in [9.17, 15) is 10.1 Å². The first-order valence-corrected chi connectivity index (χ1v) is 10.5. The SMILES string of the molecule is Cc1ccccc1CSC(Nc1ccccc1C)=C(C#N)C(=O)NCc1ccco1. The molecule has 0 aliphatic heterocycles. The molecule has 0 saturated heterocycles. The van der Waals surface area contributed by atoms with Crippen LogP contribution < -0.4 is 10.6 Å². The van der Waals surface area contributed by atoms with E-state index in [2.05, 4.69) is 35.8 Å². The molecule has 6 heteroatoms. The maximum Gasteiger partial charge on any atom is 0.265 e. The molecule has 152 valence electrons. The number of carbonyl (C=O) groups excluding carboxylic acids is 1. The van der Waals surface area contributed by atoms with Crippen LogP contribution in [-0.2, 0) is 17.1 Å². The quantitative estimate of drug-likeness (QED) is 0.384. The fourth-order valence-electron chi connectivity index (χ4n) is 2.80. The maximum absolute atomic E-state index is 12.8. The molecule has 0 unspecified atom stereocenters. The molecule has 0 spiro atoms. The van der Waals surface area contributed by atoms with Crippen LogP contribution in [0.15, 0.2) is 81.9 Å². The van der Waals surface area contributed by atoms with Crippen LogP contribution in [0.25, 0.3) is 0 Å². The minimum Gasteiger partial charge on any atom is -0.467 e. The number of furan rings is 1. The highest BCUT2D eigenvalue weighted by Crippen LogP contribution is 2.28. The van der Waals surface area contributed by atoms with Gasteiger partial charge < -0.3 is 15.1 Å². The predicted molar refractivity (Wildman–Crippen MR) is 120 cm³/mol. The summed E-state index contributed by atoms with van der Waals surface area (Å²) in [6, 6.07) is 21.5. The average Bonchev–Trinajstić information content (AvgIpc) is 3.27.